The van der Waals surface area contributed by atoms with Gasteiger partial charge in [0.25, 0.3) is 5.91 Å². The van der Waals surface area contributed by atoms with E-state index in [-0.39, 0.29) is 5.91 Å². The van der Waals surface area contributed by atoms with Crippen molar-refractivity contribution >= 4 is 17.4 Å². The number of fused-ring (bicyclic) bond motifs is 3. The zero-order valence-corrected chi connectivity index (χ0v) is 16.2. The molecule has 5 nitrogen and oxygen atoms in total. The first kappa shape index (κ1) is 18.2. The monoisotopic (exact) mass is 372 g/mol. The predicted molar refractivity (Wildman–Crippen MR) is 112 cm³/mol. The predicted octanol–water partition coefficient (Wildman–Crippen LogP) is 4.28. The summed E-state index contributed by atoms with van der Waals surface area (Å²) in [5.74, 6) is 0.804. The fourth-order valence-corrected chi connectivity index (χ4v) is 3.60. The summed E-state index contributed by atoms with van der Waals surface area (Å²) in [7, 11) is 0. The molecule has 0 radical (unpaired) electrons. The molecule has 0 fully saturated rings. The second-order valence-corrected chi connectivity index (χ2v) is 7.65. The highest BCUT2D eigenvalue weighted by Gasteiger charge is 2.23. The maximum absolute atomic E-state index is 12.7. The van der Waals surface area contributed by atoms with E-state index in [2.05, 4.69) is 19.2 Å². The van der Waals surface area contributed by atoms with Gasteiger partial charge in [0.2, 0.25) is 0 Å². The van der Waals surface area contributed by atoms with E-state index >= 15 is 0 Å². The number of carbonyl (C=O) groups is 1. The van der Waals surface area contributed by atoms with Crippen LogP contribution in [0.4, 0.5) is 11.5 Å². The third-order valence-corrected chi connectivity index (χ3v) is 4.93. The highest BCUT2D eigenvalue weighted by Crippen LogP contribution is 2.34. The SMILES string of the molecule is CC(C)Cc1nc2c(nc1NC(=O)c1ccccc1)CCc1cc(N)ccc1-2. The molecule has 4 rings (SSSR count). The topological polar surface area (TPSA) is 80.9 Å². The number of nitrogens with two attached hydrogens (primary N) is 1. The summed E-state index contributed by atoms with van der Waals surface area (Å²) in [5, 5.41) is 2.98. The Morgan fingerprint density at radius 2 is 1.89 bits per heavy atom. The lowest BCUT2D eigenvalue weighted by Gasteiger charge is -2.21. The quantitative estimate of drug-likeness (QED) is 0.670. The molecular weight excluding hydrogens is 348 g/mol. The number of rotatable bonds is 4. The second kappa shape index (κ2) is 7.43. The molecule has 1 aliphatic carbocycles. The lowest BCUT2D eigenvalue weighted by Crippen LogP contribution is -2.19. The average Bonchev–Trinajstić information content (AvgIpc) is 2.68. The van der Waals surface area contributed by atoms with Crippen molar-refractivity contribution < 1.29 is 4.79 Å². The number of carbonyl (C=O) groups excluding carboxylic acids is 1. The standard InChI is InChI=1S/C23H24N4O/c1-14(2)12-20-22(27-23(28)15-6-4-3-5-7-15)26-19-11-8-16-13-17(24)9-10-18(16)21(19)25-20/h3-7,9-10,13-14H,8,11-12,24H2,1-2H3,(H,26,27,28). The van der Waals surface area contributed by atoms with E-state index < -0.39 is 0 Å². The largest absolute Gasteiger partial charge is 0.399 e. The first-order valence-corrected chi connectivity index (χ1v) is 9.66. The third-order valence-electron chi connectivity index (χ3n) is 4.93. The molecule has 0 saturated heterocycles. The molecule has 2 aromatic carbocycles. The van der Waals surface area contributed by atoms with Crippen molar-refractivity contribution in [2.75, 3.05) is 11.1 Å². The summed E-state index contributed by atoms with van der Waals surface area (Å²) < 4.78 is 0. The molecule has 1 aliphatic rings. The molecule has 1 heterocycles. The van der Waals surface area contributed by atoms with E-state index in [1.54, 1.807) is 12.1 Å². The highest BCUT2D eigenvalue weighted by atomic mass is 16.1. The Labute approximate surface area is 165 Å². The third kappa shape index (κ3) is 3.60. The highest BCUT2D eigenvalue weighted by molar-refractivity contribution is 6.04. The average molecular weight is 372 g/mol. The van der Waals surface area contributed by atoms with Gasteiger partial charge in [0.05, 0.1) is 17.1 Å². The van der Waals surface area contributed by atoms with Crippen LogP contribution in [0.15, 0.2) is 48.5 Å². The van der Waals surface area contributed by atoms with Crippen LogP contribution in [0.5, 0.6) is 0 Å². The van der Waals surface area contributed by atoms with Gasteiger partial charge < -0.3 is 11.1 Å². The molecular formula is C23H24N4O. The van der Waals surface area contributed by atoms with Crippen LogP contribution in [0.2, 0.25) is 0 Å². The van der Waals surface area contributed by atoms with Crippen LogP contribution < -0.4 is 11.1 Å². The molecule has 3 N–H and O–H groups in total. The van der Waals surface area contributed by atoms with Crippen molar-refractivity contribution in [2.24, 2.45) is 5.92 Å². The summed E-state index contributed by atoms with van der Waals surface area (Å²) in [5.41, 5.74) is 12.3. The maximum atomic E-state index is 12.7. The first-order chi connectivity index (χ1) is 13.5. The van der Waals surface area contributed by atoms with Crippen molar-refractivity contribution in [3.63, 3.8) is 0 Å². The Bertz CT molecular complexity index is 1030. The molecule has 142 valence electrons. The number of aryl methyl sites for hydroxylation is 2. The number of hydrogen-bond acceptors (Lipinski definition) is 4. The minimum absolute atomic E-state index is 0.163. The van der Waals surface area contributed by atoms with Crippen LogP contribution >= 0.6 is 0 Å². The first-order valence-electron chi connectivity index (χ1n) is 9.66. The lowest BCUT2D eigenvalue weighted by atomic mass is 9.91. The minimum atomic E-state index is -0.163. The number of anilines is 2. The van der Waals surface area contributed by atoms with Crippen LogP contribution in [0.1, 0.15) is 41.2 Å². The van der Waals surface area contributed by atoms with Gasteiger partial charge >= 0.3 is 0 Å². The lowest BCUT2D eigenvalue weighted by molar-refractivity contribution is 0.102. The van der Waals surface area contributed by atoms with E-state index in [1.165, 1.54) is 5.56 Å². The van der Waals surface area contributed by atoms with Crippen molar-refractivity contribution in [3.8, 4) is 11.3 Å². The van der Waals surface area contributed by atoms with Crippen LogP contribution in [0.3, 0.4) is 0 Å². The number of benzene rings is 2. The van der Waals surface area contributed by atoms with Gasteiger partial charge in [-0.15, -0.1) is 0 Å². The van der Waals surface area contributed by atoms with Gasteiger partial charge in [0.15, 0.2) is 5.82 Å². The van der Waals surface area contributed by atoms with Gasteiger partial charge in [-0.3, -0.25) is 4.79 Å². The maximum Gasteiger partial charge on any atom is 0.256 e. The zero-order valence-electron chi connectivity index (χ0n) is 16.2. The van der Waals surface area contributed by atoms with Crippen molar-refractivity contribution in [2.45, 2.75) is 33.1 Å². The number of hydrogen-bond donors (Lipinski definition) is 2. The van der Waals surface area contributed by atoms with E-state index in [9.17, 15) is 4.79 Å². The van der Waals surface area contributed by atoms with E-state index in [1.807, 2.05) is 36.4 Å². The molecule has 0 bridgehead atoms. The number of nitrogen functional groups attached to an aromatic ring is 1. The molecule has 1 aromatic heterocycles. The van der Waals surface area contributed by atoms with Crippen molar-refractivity contribution in [3.05, 3.63) is 71.0 Å². The molecule has 5 heteroatoms. The van der Waals surface area contributed by atoms with Gasteiger partial charge in [-0.25, -0.2) is 9.97 Å². The summed E-state index contributed by atoms with van der Waals surface area (Å²) in [6.07, 6.45) is 2.40. The summed E-state index contributed by atoms with van der Waals surface area (Å²) in [6.45, 7) is 4.27. The smallest absolute Gasteiger partial charge is 0.256 e. The molecule has 0 atom stereocenters. The Hall–Kier alpha value is -3.21. The number of nitrogens with one attached hydrogen (secondary N) is 1. The number of aromatic nitrogens is 2. The molecule has 0 aliphatic heterocycles. The molecule has 0 saturated carbocycles. The van der Waals surface area contributed by atoms with Gasteiger partial charge in [-0.2, -0.15) is 0 Å². The summed E-state index contributed by atoms with van der Waals surface area (Å²) in [4.78, 5) is 22.4. The van der Waals surface area contributed by atoms with Crippen LogP contribution in [0.25, 0.3) is 11.3 Å². The van der Waals surface area contributed by atoms with E-state index in [4.69, 9.17) is 15.7 Å². The molecule has 28 heavy (non-hydrogen) atoms. The fourth-order valence-electron chi connectivity index (χ4n) is 3.60. The normalized spacial score (nSPS) is 12.4. The minimum Gasteiger partial charge on any atom is -0.399 e. The molecule has 0 spiro atoms. The Balaban J connectivity index is 1.75. The van der Waals surface area contributed by atoms with Crippen LogP contribution in [-0.4, -0.2) is 15.9 Å². The Morgan fingerprint density at radius 3 is 2.64 bits per heavy atom. The Morgan fingerprint density at radius 1 is 1.11 bits per heavy atom. The second-order valence-electron chi connectivity index (χ2n) is 7.65. The van der Waals surface area contributed by atoms with Crippen LogP contribution in [0, 0.1) is 5.92 Å². The van der Waals surface area contributed by atoms with E-state index in [0.717, 1.165) is 47.6 Å². The molecule has 3 aromatic rings. The van der Waals surface area contributed by atoms with Gasteiger partial charge in [0, 0.05) is 16.8 Å². The van der Waals surface area contributed by atoms with Crippen molar-refractivity contribution in [1.82, 2.24) is 9.97 Å². The van der Waals surface area contributed by atoms with Crippen LogP contribution in [-0.2, 0) is 19.3 Å². The molecule has 1 amide bonds. The molecule has 0 unspecified atom stereocenters. The van der Waals surface area contributed by atoms with Gasteiger partial charge in [-0.05, 0) is 55.0 Å². The van der Waals surface area contributed by atoms with E-state index in [0.29, 0.717) is 17.3 Å². The Kier molecular flexibility index (Phi) is 4.82. The van der Waals surface area contributed by atoms with Gasteiger partial charge in [0.1, 0.15) is 0 Å². The van der Waals surface area contributed by atoms with Crippen molar-refractivity contribution in [1.29, 1.82) is 0 Å². The summed E-state index contributed by atoms with van der Waals surface area (Å²) >= 11 is 0. The number of amides is 1. The zero-order chi connectivity index (χ0) is 19.7. The fraction of sp³-hybridized carbons (Fsp3) is 0.261. The van der Waals surface area contributed by atoms with Gasteiger partial charge in [-0.1, -0.05) is 38.1 Å². The summed E-state index contributed by atoms with van der Waals surface area (Å²) in [6, 6.07) is 15.1. The number of nitrogens with zero attached hydrogens (tertiary/aromatic N) is 2.